The summed E-state index contributed by atoms with van der Waals surface area (Å²) in [5, 5.41) is 8.20. The fourth-order valence-corrected chi connectivity index (χ4v) is 8.19. The third-order valence-corrected chi connectivity index (χ3v) is 9.72. The number of carbonyl (C=O) groups excluding carboxylic acids is 1. The first-order valence-corrected chi connectivity index (χ1v) is 13.5. The van der Waals surface area contributed by atoms with Gasteiger partial charge in [0.15, 0.2) is 17.1 Å². The SMILES string of the molecule is CO/N=C1\CC(CCC(=O)Nc2ncc(C)s2)C2C3CCc4c(ccc5ocnc45)C3CCC12C. The summed E-state index contributed by atoms with van der Waals surface area (Å²) in [7, 11) is 1.65. The zero-order valence-electron chi connectivity index (χ0n) is 20.5. The fourth-order valence-electron chi connectivity index (χ4n) is 7.51. The zero-order chi connectivity index (χ0) is 24.2. The van der Waals surface area contributed by atoms with E-state index >= 15 is 0 Å². The van der Waals surface area contributed by atoms with Crippen LogP contribution < -0.4 is 5.32 Å². The van der Waals surface area contributed by atoms with Crippen molar-refractivity contribution in [2.45, 2.75) is 64.7 Å². The van der Waals surface area contributed by atoms with Crippen molar-refractivity contribution in [1.29, 1.82) is 0 Å². The number of nitrogens with one attached hydrogen (secondary N) is 1. The van der Waals surface area contributed by atoms with Gasteiger partial charge in [0.2, 0.25) is 5.91 Å². The minimum Gasteiger partial charge on any atom is -0.443 e. The van der Waals surface area contributed by atoms with E-state index in [0.717, 1.165) is 54.5 Å². The van der Waals surface area contributed by atoms with E-state index < -0.39 is 0 Å². The first-order chi connectivity index (χ1) is 17.0. The van der Waals surface area contributed by atoms with Crippen LogP contribution in [0, 0.1) is 30.1 Å². The van der Waals surface area contributed by atoms with E-state index in [2.05, 4.69) is 39.5 Å². The molecule has 7 nitrogen and oxygen atoms in total. The molecule has 0 bridgehead atoms. The molecule has 184 valence electrons. The van der Waals surface area contributed by atoms with Crippen LogP contribution in [-0.4, -0.2) is 28.7 Å². The van der Waals surface area contributed by atoms with Gasteiger partial charge in [0.25, 0.3) is 0 Å². The molecule has 35 heavy (non-hydrogen) atoms. The predicted molar refractivity (Wildman–Crippen MR) is 137 cm³/mol. The third kappa shape index (κ3) is 3.77. The lowest BCUT2D eigenvalue weighted by molar-refractivity contribution is -0.116. The van der Waals surface area contributed by atoms with Crippen LogP contribution in [0.1, 0.15) is 67.4 Å². The van der Waals surface area contributed by atoms with Gasteiger partial charge >= 0.3 is 0 Å². The highest BCUT2D eigenvalue weighted by molar-refractivity contribution is 7.15. The van der Waals surface area contributed by atoms with E-state index in [1.807, 2.05) is 6.92 Å². The monoisotopic (exact) mass is 492 g/mol. The Balaban J connectivity index is 1.26. The topological polar surface area (TPSA) is 89.6 Å². The molecule has 3 aliphatic rings. The molecule has 5 unspecified atom stereocenters. The van der Waals surface area contributed by atoms with Crippen LogP contribution in [-0.2, 0) is 16.1 Å². The average Bonchev–Trinajstić information content (AvgIpc) is 3.55. The van der Waals surface area contributed by atoms with Gasteiger partial charge in [-0.05, 0) is 86.3 Å². The second-order valence-electron chi connectivity index (χ2n) is 10.7. The van der Waals surface area contributed by atoms with E-state index in [4.69, 9.17) is 9.25 Å². The normalized spacial score (nSPS) is 30.7. The van der Waals surface area contributed by atoms with Gasteiger partial charge < -0.3 is 14.6 Å². The van der Waals surface area contributed by atoms with E-state index in [0.29, 0.717) is 35.2 Å². The molecule has 0 aliphatic heterocycles. The molecule has 2 fully saturated rings. The number of anilines is 1. The van der Waals surface area contributed by atoms with Crippen molar-refractivity contribution in [3.8, 4) is 0 Å². The predicted octanol–water partition coefficient (Wildman–Crippen LogP) is 6.10. The molecule has 0 radical (unpaired) electrons. The number of benzene rings is 1. The lowest BCUT2D eigenvalue weighted by Gasteiger charge is -2.50. The number of hydrogen-bond acceptors (Lipinski definition) is 7. The van der Waals surface area contributed by atoms with Gasteiger partial charge in [0, 0.05) is 22.9 Å². The number of fused-ring (bicyclic) bond motifs is 7. The maximum atomic E-state index is 12.8. The lowest BCUT2D eigenvalue weighted by atomic mass is 9.54. The van der Waals surface area contributed by atoms with Gasteiger partial charge in [-0.25, -0.2) is 9.97 Å². The summed E-state index contributed by atoms with van der Waals surface area (Å²) in [6.07, 6.45) is 10.1. The van der Waals surface area contributed by atoms with Crippen molar-refractivity contribution < 1.29 is 14.0 Å². The minimum absolute atomic E-state index is 0.0280. The number of aromatic nitrogens is 2. The molecule has 1 amide bonds. The number of hydrogen-bond donors (Lipinski definition) is 1. The van der Waals surface area contributed by atoms with Crippen molar-refractivity contribution in [3.63, 3.8) is 0 Å². The molecule has 2 saturated carbocycles. The number of aryl methyl sites for hydroxylation is 2. The van der Waals surface area contributed by atoms with Crippen molar-refractivity contribution in [2.75, 3.05) is 12.4 Å². The Hall–Kier alpha value is -2.74. The van der Waals surface area contributed by atoms with Crippen molar-refractivity contribution >= 4 is 39.2 Å². The maximum Gasteiger partial charge on any atom is 0.226 e. The first kappa shape index (κ1) is 22.7. The summed E-state index contributed by atoms with van der Waals surface area (Å²) >= 11 is 1.52. The molecule has 2 heterocycles. The summed E-state index contributed by atoms with van der Waals surface area (Å²) in [5.41, 5.74) is 5.96. The molecule has 5 atom stereocenters. The second kappa shape index (κ2) is 8.73. The summed E-state index contributed by atoms with van der Waals surface area (Å²) in [5.74, 6) is 2.06. The smallest absolute Gasteiger partial charge is 0.226 e. The highest BCUT2D eigenvalue weighted by Gasteiger charge is 2.57. The standard InChI is InChI=1S/C27H32N4O3S/c1-15-13-28-26(35-15)30-23(32)9-4-16-12-22(31-33-3)27(2)11-10-18-17-7-8-21-25(29-14-34-21)20(17)6-5-19(18)24(16)27/h7-8,13-14,16,18-19,24H,4-6,9-12H2,1-3H3,(H,28,30,32)/b31-22+. The van der Waals surface area contributed by atoms with Gasteiger partial charge in [-0.1, -0.05) is 18.1 Å². The van der Waals surface area contributed by atoms with Crippen molar-refractivity contribution in [3.05, 3.63) is 40.7 Å². The number of thiazole rings is 1. The van der Waals surface area contributed by atoms with Crippen molar-refractivity contribution in [1.82, 2.24) is 9.97 Å². The highest BCUT2D eigenvalue weighted by Crippen LogP contribution is 2.62. The van der Waals surface area contributed by atoms with Gasteiger partial charge in [0.05, 0.1) is 5.71 Å². The summed E-state index contributed by atoms with van der Waals surface area (Å²) in [4.78, 5) is 28.0. The molecule has 1 aromatic carbocycles. The number of carbonyl (C=O) groups is 1. The second-order valence-corrected chi connectivity index (χ2v) is 11.9. The minimum atomic E-state index is 0.0280. The van der Waals surface area contributed by atoms with Crippen LogP contribution in [0.5, 0.6) is 0 Å². The molecule has 6 rings (SSSR count). The molecule has 1 N–H and O–H groups in total. The van der Waals surface area contributed by atoms with Crippen LogP contribution in [0.15, 0.2) is 34.3 Å². The molecule has 3 aliphatic carbocycles. The number of nitrogens with zero attached hydrogens (tertiary/aromatic N) is 3. The maximum absolute atomic E-state index is 12.8. The van der Waals surface area contributed by atoms with E-state index in [9.17, 15) is 4.79 Å². The molecular weight excluding hydrogens is 460 g/mol. The molecule has 0 saturated heterocycles. The average molecular weight is 493 g/mol. The van der Waals surface area contributed by atoms with Gasteiger partial charge in [-0.15, -0.1) is 11.3 Å². The fraction of sp³-hybridized carbons (Fsp3) is 0.556. The Kier molecular flexibility index (Phi) is 5.66. The van der Waals surface area contributed by atoms with E-state index in [1.165, 1.54) is 28.2 Å². The summed E-state index contributed by atoms with van der Waals surface area (Å²) < 4.78 is 5.58. The Bertz CT molecular complexity index is 1300. The summed E-state index contributed by atoms with van der Waals surface area (Å²) in [6.45, 7) is 4.39. The van der Waals surface area contributed by atoms with Gasteiger partial charge in [0.1, 0.15) is 12.6 Å². The van der Waals surface area contributed by atoms with Crippen LogP contribution >= 0.6 is 11.3 Å². The Morgan fingerprint density at radius 2 is 2.23 bits per heavy atom. The third-order valence-electron chi connectivity index (χ3n) is 8.89. The largest absolute Gasteiger partial charge is 0.443 e. The van der Waals surface area contributed by atoms with Gasteiger partial charge in [-0.3, -0.25) is 4.79 Å². The Labute approximate surface area is 209 Å². The molecule has 2 aromatic heterocycles. The number of rotatable bonds is 5. The first-order valence-electron chi connectivity index (χ1n) is 12.7. The Morgan fingerprint density at radius 3 is 3.03 bits per heavy atom. The molecule has 8 heteroatoms. The van der Waals surface area contributed by atoms with Crippen LogP contribution in [0.25, 0.3) is 11.1 Å². The number of oxime groups is 1. The van der Waals surface area contributed by atoms with Crippen LogP contribution in [0.4, 0.5) is 5.13 Å². The highest BCUT2D eigenvalue weighted by atomic mass is 32.1. The number of amides is 1. The summed E-state index contributed by atoms with van der Waals surface area (Å²) in [6, 6.07) is 4.37. The molecule has 3 aromatic rings. The van der Waals surface area contributed by atoms with Crippen LogP contribution in [0.2, 0.25) is 0 Å². The zero-order valence-corrected chi connectivity index (χ0v) is 21.4. The lowest BCUT2D eigenvalue weighted by Crippen LogP contribution is -2.44. The molecule has 0 spiro atoms. The van der Waals surface area contributed by atoms with E-state index in [1.54, 1.807) is 19.7 Å². The van der Waals surface area contributed by atoms with Gasteiger partial charge in [-0.2, -0.15) is 0 Å². The molecular formula is C27H32N4O3S. The van der Waals surface area contributed by atoms with E-state index in [-0.39, 0.29) is 11.3 Å². The number of oxazole rings is 1. The van der Waals surface area contributed by atoms with Crippen LogP contribution in [0.3, 0.4) is 0 Å². The Morgan fingerprint density at radius 1 is 1.34 bits per heavy atom. The quantitative estimate of drug-likeness (QED) is 0.435. The van der Waals surface area contributed by atoms with Crippen molar-refractivity contribution in [2.24, 2.45) is 28.3 Å².